The minimum absolute atomic E-state index is 0.781. The molecule has 0 aliphatic rings. The average molecular weight is 212 g/mol. The Balaban J connectivity index is 5.29. The van der Waals surface area contributed by atoms with Crippen LogP contribution in [0.1, 0.15) is 34.1 Å². The smallest absolute Gasteiger partial charge is 0.0458 e. The second kappa shape index (κ2) is 6.61. The highest BCUT2D eigenvalue weighted by Crippen LogP contribution is 2.22. The van der Waals surface area contributed by atoms with Crippen molar-refractivity contribution in [1.82, 2.24) is 0 Å². The van der Waals surface area contributed by atoms with Crippen molar-refractivity contribution < 1.29 is 0 Å². The lowest BCUT2D eigenvalue weighted by Gasteiger charge is -2.10. The van der Waals surface area contributed by atoms with Gasteiger partial charge >= 0.3 is 0 Å². The first-order valence-electron chi connectivity index (χ1n) is 4.76. The van der Waals surface area contributed by atoms with Gasteiger partial charge in [-0.25, -0.2) is 0 Å². The molecule has 14 heavy (non-hydrogen) atoms. The highest BCUT2D eigenvalue weighted by atomic mass is 35.5. The van der Waals surface area contributed by atoms with Crippen LogP contribution < -0.4 is 0 Å². The molecule has 0 spiro atoms. The largest absolute Gasteiger partial charge is 0.262 e. The van der Waals surface area contributed by atoms with E-state index in [1.54, 1.807) is 0 Å². The van der Waals surface area contributed by atoms with Crippen LogP contribution in [0.5, 0.6) is 0 Å². The molecule has 0 saturated heterocycles. The Morgan fingerprint density at radius 1 is 1.43 bits per heavy atom. The molecule has 0 aliphatic heterocycles. The summed E-state index contributed by atoms with van der Waals surface area (Å²) in [5, 5.41) is 0.781. The van der Waals surface area contributed by atoms with Crippen molar-refractivity contribution in [2.24, 2.45) is 4.99 Å². The quantitative estimate of drug-likeness (QED) is 0.481. The number of aliphatic imine (C=N–C) groups is 1. The lowest BCUT2D eigenvalue weighted by molar-refractivity contribution is 1.12. The molecule has 0 bridgehead atoms. The van der Waals surface area contributed by atoms with Gasteiger partial charge < -0.3 is 0 Å². The molecule has 0 radical (unpaired) electrons. The lowest BCUT2D eigenvalue weighted by atomic mass is 9.99. The first-order chi connectivity index (χ1) is 6.58. The minimum atomic E-state index is 0.781. The maximum absolute atomic E-state index is 6.05. The molecule has 78 valence electrons. The van der Waals surface area contributed by atoms with Crippen molar-refractivity contribution >= 4 is 17.3 Å². The minimum Gasteiger partial charge on any atom is -0.262 e. The van der Waals surface area contributed by atoms with E-state index in [4.69, 9.17) is 11.6 Å². The second-order valence-electron chi connectivity index (χ2n) is 2.97. The summed E-state index contributed by atoms with van der Waals surface area (Å²) in [6, 6.07) is 0. The maximum atomic E-state index is 6.05. The van der Waals surface area contributed by atoms with Crippen molar-refractivity contribution in [3.63, 3.8) is 0 Å². The predicted octanol–water partition coefficient (Wildman–Crippen LogP) is 4.46. The van der Waals surface area contributed by atoms with Crippen LogP contribution in [0.4, 0.5) is 0 Å². The fourth-order valence-electron chi connectivity index (χ4n) is 1.43. The summed E-state index contributed by atoms with van der Waals surface area (Å²) in [6.07, 6.45) is 4.57. The molecule has 0 unspecified atom stereocenters. The van der Waals surface area contributed by atoms with E-state index in [2.05, 4.69) is 24.6 Å². The molecule has 0 aromatic carbocycles. The topological polar surface area (TPSA) is 12.4 Å². The van der Waals surface area contributed by atoms with Crippen LogP contribution in [-0.2, 0) is 0 Å². The zero-order valence-electron chi connectivity index (χ0n) is 9.39. The first kappa shape index (κ1) is 13.2. The van der Waals surface area contributed by atoms with Crippen LogP contribution in [0.15, 0.2) is 40.0 Å². The molecule has 0 saturated carbocycles. The molecule has 0 N–H and O–H groups in total. The molecule has 0 heterocycles. The molecule has 2 heteroatoms. The van der Waals surface area contributed by atoms with Gasteiger partial charge in [0.2, 0.25) is 0 Å². The Labute approximate surface area is 91.9 Å². The summed E-state index contributed by atoms with van der Waals surface area (Å²) in [7, 11) is 0. The van der Waals surface area contributed by atoms with E-state index in [9.17, 15) is 0 Å². The first-order valence-corrected chi connectivity index (χ1v) is 5.13. The Morgan fingerprint density at radius 3 is 2.29 bits per heavy atom. The standard InChI is InChI=1S/C12H18ClN/c1-6-11(7-2)12(9(4)13)10(5)14-8-3/h6,8H,3,7H2,1-2,4-5H3/b11-6-,12-9-,14-10?. The van der Waals surface area contributed by atoms with E-state index in [0.717, 1.165) is 22.7 Å². The summed E-state index contributed by atoms with van der Waals surface area (Å²) < 4.78 is 0. The molecule has 0 amide bonds. The molecular formula is C12H18ClN. The van der Waals surface area contributed by atoms with Crippen LogP contribution in [0, 0.1) is 0 Å². The lowest BCUT2D eigenvalue weighted by Crippen LogP contribution is -2.01. The predicted molar refractivity (Wildman–Crippen MR) is 65.9 cm³/mol. The van der Waals surface area contributed by atoms with Gasteiger partial charge in [-0.15, -0.1) is 0 Å². The van der Waals surface area contributed by atoms with Gasteiger partial charge in [0.05, 0.1) is 0 Å². The molecule has 0 aliphatic carbocycles. The SMILES string of the molecule is C=CN=C(C)C(/C(=C\C)CC)=C(\C)Cl. The Hall–Kier alpha value is -0.820. The molecule has 0 aromatic rings. The van der Waals surface area contributed by atoms with Crippen LogP contribution in [0.3, 0.4) is 0 Å². The fraction of sp³-hybridized carbons (Fsp3) is 0.417. The van der Waals surface area contributed by atoms with Crippen molar-refractivity contribution in [1.29, 1.82) is 0 Å². The van der Waals surface area contributed by atoms with Gasteiger partial charge in [0.1, 0.15) is 0 Å². The van der Waals surface area contributed by atoms with Crippen molar-refractivity contribution in [2.45, 2.75) is 34.1 Å². The summed E-state index contributed by atoms with van der Waals surface area (Å²) in [6.45, 7) is 11.5. The third-order valence-corrected chi connectivity index (χ3v) is 2.23. The van der Waals surface area contributed by atoms with E-state index in [1.807, 2.05) is 20.8 Å². The van der Waals surface area contributed by atoms with Gasteiger partial charge in [0, 0.05) is 22.5 Å². The number of nitrogens with zero attached hydrogens (tertiary/aromatic N) is 1. The average Bonchev–Trinajstić information content (AvgIpc) is 2.13. The number of rotatable bonds is 4. The zero-order chi connectivity index (χ0) is 11.1. The van der Waals surface area contributed by atoms with Gasteiger partial charge in [-0.2, -0.15) is 0 Å². The highest BCUT2D eigenvalue weighted by molar-refractivity contribution is 6.32. The number of allylic oxidation sites excluding steroid dienone is 4. The van der Waals surface area contributed by atoms with E-state index >= 15 is 0 Å². The molecule has 0 rings (SSSR count). The monoisotopic (exact) mass is 211 g/mol. The summed E-state index contributed by atoms with van der Waals surface area (Å²) >= 11 is 6.05. The van der Waals surface area contributed by atoms with Crippen molar-refractivity contribution in [2.75, 3.05) is 0 Å². The van der Waals surface area contributed by atoms with E-state index < -0.39 is 0 Å². The van der Waals surface area contributed by atoms with Crippen LogP contribution in [0.2, 0.25) is 0 Å². The van der Waals surface area contributed by atoms with Gasteiger partial charge in [0.15, 0.2) is 0 Å². The second-order valence-corrected chi connectivity index (χ2v) is 3.54. The number of hydrogen-bond donors (Lipinski definition) is 0. The number of halogens is 1. The van der Waals surface area contributed by atoms with E-state index in [0.29, 0.717) is 0 Å². The third-order valence-electron chi connectivity index (χ3n) is 2.04. The molecule has 0 fully saturated rings. The normalized spacial score (nSPS) is 15.2. The Kier molecular flexibility index (Phi) is 6.22. The molecule has 0 aromatic heterocycles. The van der Waals surface area contributed by atoms with Crippen LogP contribution >= 0.6 is 11.6 Å². The third kappa shape index (κ3) is 3.51. The van der Waals surface area contributed by atoms with Gasteiger partial charge in [-0.1, -0.05) is 31.2 Å². The van der Waals surface area contributed by atoms with Crippen LogP contribution in [0.25, 0.3) is 0 Å². The van der Waals surface area contributed by atoms with Crippen LogP contribution in [-0.4, -0.2) is 5.71 Å². The fourth-order valence-corrected chi connectivity index (χ4v) is 1.69. The van der Waals surface area contributed by atoms with Crippen molar-refractivity contribution in [3.8, 4) is 0 Å². The van der Waals surface area contributed by atoms with Gasteiger partial charge in [0.25, 0.3) is 0 Å². The van der Waals surface area contributed by atoms with E-state index in [1.165, 1.54) is 11.8 Å². The van der Waals surface area contributed by atoms with Crippen molar-refractivity contribution in [3.05, 3.63) is 35.0 Å². The summed E-state index contributed by atoms with van der Waals surface area (Å²) in [5.74, 6) is 0. The van der Waals surface area contributed by atoms with Gasteiger partial charge in [-0.3, -0.25) is 4.99 Å². The molecule has 0 atom stereocenters. The Bertz CT molecular complexity index is 287. The molecule has 1 nitrogen and oxygen atoms in total. The van der Waals surface area contributed by atoms with Gasteiger partial charge in [-0.05, 0) is 32.8 Å². The highest BCUT2D eigenvalue weighted by Gasteiger charge is 2.08. The summed E-state index contributed by atoms with van der Waals surface area (Å²) in [4.78, 5) is 4.16. The summed E-state index contributed by atoms with van der Waals surface area (Å²) in [5.41, 5.74) is 3.18. The zero-order valence-corrected chi connectivity index (χ0v) is 10.2. The maximum Gasteiger partial charge on any atom is 0.0458 e. The number of hydrogen-bond acceptors (Lipinski definition) is 1. The van der Waals surface area contributed by atoms with E-state index in [-0.39, 0.29) is 0 Å². The Morgan fingerprint density at radius 2 is 2.00 bits per heavy atom. The molecular weight excluding hydrogens is 194 g/mol.